The first kappa shape index (κ1) is 11.8. The highest BCUT2D eigenvalue weighted by Gasteiger charge is 2.12. The van der Waals surface area contributed by atoms with Crippen molar-refractivity contribution in [3.63, 3.8) is 0 Å². The highest BCUT2D eigenvalue weighted by atomic mass is 15.3. The second-order valence-corrected chi connectivity index (χ2v) is 4.03. The smallest absolute Gasteiger partial charge is 0.0807 e. The molecule has 5 nitrogen and oxygen atoms in total. The number of aryl methyl sites for hydroxylation is 2. The molecule has 5 heteroatoms. The van der Waals surface area contributed by atoms with Crippen LogP contribution in [-0.4, -0.2) is 14.8 Å². The number of aromatic nitrogens is 3. The topological polar surface area (TPSA) is 68.8 Å². The lowest BCUT2D eigenvalue weighted by Crippen LogP contribution is -2.28. The quantitative estimate of drug-likeness (QED) is 0.594. The molecule has 0 bridgehead atoms. The molecule has 0 aliphatic heterocycles. The van der Waals surface area contributed by atoms with Crippen LogP contribution < -0.4 is 11.3 Å². The number of rotatable bonds is 5. The maximum atomic E-state index is 5.57. The van der Waals surface area contributed by atoms with Crippen molar-refractivity contribution in [1.29, 1.82) is 0 Å². The van der Waals surface area contributed by atoms with Gasteiger partial charge in [0.05, 0.1) is 11.7 Å². The van der Waals surface area contributed by atoms with Crippen LogP contribution in [0.1, 0.15) is 23.7 Å². The van der Waals surface area contributed by atoms with Gasteiger partial charge in [-0.3, -0.25) is 20.9 Å². The van der Waals surface area contributed by atoms with Crippen LogP contribution in [0, 0.1) is 0 Å². The molecule has 0 spiro atoms. The fourth-order valence-electron chi connectivity index (χ4n) is 1.80. The SMILES string of the molecule is Cn1ccc(C(CCc2ccncc2)NN)n1. The average Bonchev–Trinajstić information content (AvgIpc) is 2.78. The molecule has 0 radical (unpaired) electrons. The van der Waals surface area contributed by atoms with Crippen LogP contribution in [0.5, 0.6) is 0 Å². The zero-order valence-electron chi connectivity index (χ0n) is 9.87. The second-order valence-electron chi connectivity index (χ2n) is 4.03. The third-order valence-corrected chi connectivity index (χ3v) is 2.76. The Kier molecular flexibility index (Phi) is 3.85. The Morgan fingerprint density at radius 1 is 1.35 bits per heavy atom. The van der Waals surface area contributed by atoms with Crippen LogP contribution in [0.2, 0.25) is 0 Å². The number of hydrogen-bond donors (Lipinski definition) is 2. The van der Waals surface area contributed by atoms with E-state index < -0.39 is 0 Å². The minimum absolute atomic E-state index is 0.0874. The summed E-state index contributed by atoms with van der Waals surface area (Å²) in [5.74, 6) is 5.57. The summed E-state index contributed by atoms with van der Waals surface area (Å²) in [6.45, 7) is 0. The van der Waals surface area contributed by atoms with Crippen molar-refractivity contribution < 1.29 is 0 Å². The molecule has 2 heterocycles. The first-order valence-corrected chi connectivity index (χ1v) is 5.64. The van der Waals surface area contributed by atoms with E-state index in [-0.39, 0.29) is 6.04 Å². The molecule has 2 aromatic rings. The maximum Gasteiger partial charge on any atom is 0.0807 e. The summed E-state index contributed by atoms with van der Waals surface area (Å²) in [4.78, 5) is 4.00. The Bertz CT molecular complexity index is 451. The van der Waals surface area contributed by atoms with Gasteiger partial charge in [0.2, 0.25) is 0 Å². The third kappa shape index (κ3) is 3.12. The molecule has 0 aliphatic carbocycles. The minimum Gasteiger partial charge on any atom is -0.275 e. The van der Waals surface area contributed by atoms with E-state index in [1.54, 1.807) is 17.1 Å². The van der Waals surface area contributed by atoms with Crippen molar-refractivity contribution in [2.45, 2.75) is 18.9 Å². The van der Waals surface area contributed by atoms with Crippen molar-refractivity contribution in [3.8, 4) is 0 Å². The normalized spacial score (nSPS) is 12.6. The predicted octanol–water partition coefficient (Wildman–Crippen LogP) is 0.952. The van der Waals surface area contributed by atoms with Gasteiger partial charge in [0.25, 0.3) is 0 Å². The van der Waals surface area contributed by atoms with E-state index in [4.69, 9.17) is 5.84 Å². The Morgan fingerprint density at radius 3 is 2.71 bits per heavy atom. The third-order valence-electron chi connectivity index (χ3n) is 2.76. The zero-order valence-corrected chi connectivity index (χ0v) is 9.87. The van der Waals surface area contributed by atoms with Gasteiger partial charge in [0.1, 0.15) is 0 Å². The lowest BCUT2D eigenvalue weighted by molar-refractivity contribution is 0.497. The highest BCUT2D eigenvalue weighted by molar-refractivity contribution is 5.12. The fraction of sp³-hybridized carbons (Fsp3) is 0.333. The Balaban J connectivity index is 1.97. The summed E-state index contributed by atoms with van der Waals surface area (Å²) in [6, 6.07) is 6.11. The minimum atomic E-state index is 0.0874. The molecule has 1 unspecified atom stereocenters. The van der Waals surface area contributed by atoms with Gasteiger partial charge in [-0.05, 0) is 36.6 Å². The number of hydrogen-bond acceptors (Lipinski definition) is 4. The van der Waals surface area contributed by atoms with Gasteiger partial charge in [-0.25, -0.2) is 0 Å². The van der Waals surface area contributed by atoms with Gasteiger partial charge in [0.15, 0.2) is 0 Å². The fourth-order valence-corrected chi connectivity index (χ4v) is 1.80. The molecule has 90 valence electrons. The Labute approximate surface area is 101 Å². The maximum absolute atomic E-state index is 5.57. The molecule has 0 fully saturated rings. The predicted molar refractivity (Wildman–Crippen MR) is 65.8 cm³/mol. The van der Waals surface area contributed by atoms with Gasteiger partial charge < -0.3 is 0 Å². The van der Waals surface area contributed by atoms with Crippen molar-refractivity contribution in [1.82, 2.24) is 20.2 Å². The van der Waals surface area contributed by atoms with E-state index in [0.717, 1.165) is 18.5 Å². The van der Waals surface area contributed by atoms with Gasteiger partial charge >= 0.3 is 0 Å². The lowest BCUT2D eigenvalue weighted by atomic mass is 10.0. The van der Waals surface area contributed by atoms with Crippen LogP contribution >= 0.6 is 0 Å². The highest BCUT2D eigenvalue weighted by Crippen LogP contribution is 2.16. The van der Waals surface area contributed by atoms with Gasteiger partial charge in [-0.1, -0.05) is 0 Å². The molecular formula is C12H17N5. The van der Waals surface area contributed by atoms with E-state index in [1.807, 2.05) is 31.4 Å². The molecule has 17 heavy (non-hydrogen) atoms. The van der Waals surface area contributed by atoms with Crippen LogP contribution in [0.15, 0.2) is 36.8 Å². The van der Waals surface area contributed by atoms with Crippen LogP contribution in [0.4, 0.5) is 0 Å². The lowest BCUT2D eigenvalue weighted by Gasteiger charge is -2.13. The van der Waals surface area contributed by atoms with E-state index in [0.29, 0.717) is 0 Å². The first-order chi connectivity index (χ1) is 8.29. The average molecular weight is 231 g/mol. The second kappa shape index (κ2) is 5.56. The zero-order chi connectivity index (χ0) is 12.1. The number of nitrogens with one attached hydrogen (secondary N) is 1. The molecule has 1 atom stereocenters. The van der Waals surface area contributed by atoms with Gasteiger partial charge in [-0.15, -0.1) is 0 Å². The number of pyridine rings is 1. The van der Waals surface area contributed by atoms with Crippen molar-refractivity contribution in [3.05, 3.63) is 48.0 Å². The van der Waals surface area contributed by atoms with Crippen LogP contribution in [0.25, 0.3) is 0 Å². The van der Waals surface area contributed by atoms with Crippen LogP contribution in [-0.2, 0) is 13.5 Å². The first-order valence-electron chi connectivity index (χ1n) is 5.64. The molecule has 0 saturated carbocycles. The Morgan fingerprint density at radius 2 is 2.12 bits per heavy atom. The molecule has 2 rings (SSSR count). The summed E-state index contributed by atoms with van der Waals surface area (Å²) in [5, 5.41) is 4.36. The standard InChI is InChI=1S/C12H17N5/c1-17-9-6-12(16-17)11(15-13)3-2-10-4-7-14-8-5-10/h4-9,11,15H,2-3,13H2,1H3. The number of nitrogens with zero attached hydrogens (tertiary/aromatic N) is 3. The van der Waals surface area contributed by atoms with E-state index in [2.05, 4.69) is 15.5 Å². The monoisotopic (exact) mass is 231 g/mol. The van der Waals surface area contributed by atoms with E-state index >= 15 is 0 Å². The van der Waals surface area contributed by atoms with E-state index in [1.165, 1.54) is 5.56 Å². The van der Waals surface area contributed by atoms with Crippen LogP contribution in [0.3, 0.4) is 0 Å². The molecule has 3 N–H and O–H groups in total. The Hall–Kier alpha value is -1.72. The summed E-state index contributed by atoms with van der Waals surface area (Å²) < 4.78 is 1.78. The summed E-state index contributed by atoms with van der Waals surface area (Å²) >= 11 is 0. The summed E-state index contributed by atoms with van der Waals surface area (Å²) in [7, 11) is 1.90. The molecule has 2 aromatic heterocycles. The number of nitrogens with two attached hydrogens (primary N) is 1. The molecule has 0 saturated heterocycles. The summed E-state index contributed by atoms with van der Waals surface area (Å²) in [6.07, 6.45) is 7.40. The van der Waals surface area contributed by atoms with Gasteiger partial charge in [-0.2, -0.15) is 5.10 Å². The van der Waals surface area contributed by atoms with Crippen molar-refractivity contribution in [2.75, 3.05) is 0 Å². The van der Waals surface area contributed by atoms with Crippen molar-refractivity contribution >= 4 is 0 Å². The summed E-state index contributed by atoms with van der Waals surface area (Å²) in [5.41, 5.74) is 5.05. The van der Waals surface area contributed by atoms with E-state index in [9.17, 15) is 0 Å². The van der Waals surface area contributed by atoms with Crippen molar-refractivity contribution in [2.24, 2.45) is 12.9 Å². The number of hydrazine groups is 1. The van der Waals surface area contributed by atoms with Gasteiger partial charge in [0, 0.05) is 25.6 Å². The molecule has 0 aliphatic rings. The molecular weight excluding hydrogens is 214 g/mol. The molecule has 0 aromatic carbocycles. The largest absolute Gasteiger partial charge is 0.275 e. The molecule has 0 amide bonds.